The van der Waals surface area contributed by atoms with Gasteiger partial charge in [0.2, 0.25) is 0 Å². The number of nitrogens with zero attached hydrogens (tertiary/aromatic N) is 3. The Balaban J connectivity index is 1.66. The van der Waals surface area contributed by atoms with Gasteiger partial charge in [-0.2, -0.15) is 0 Å². The fraction of sp³-hybridized carbons (Fsp3) is 0. The Labute approximate surface area is 199 Å². The highest BCUT2D eigenvalue weighted by Gasteiger charge is 2.17. The van der Waals surface area contributed by atoms with E-state index in [0.717, 1.165) is 38.6 Å². The van der Waals surface area contributed by atoms with Crippen LogP contribution in [0.5, 0.6) is 0 Å². The molecule has 33 heavy (non-hydrogen) atoms. The van der Waals surface area contributed by atoms with Crippen LogP contribution in [0.25, 0.3) is 56.1 Å². The predicted octanol–water partition coefficient (Wildman–Crippen LogP) is 8.08. The third-order valence-corrected chi connectivity index (χ3v) is 5.87. The minimum absolute atomic E-state index is 0.494. The molecule has 6 rings (SSSR count). The van der Waals surface area contributed by atoms with Crippen LogP contribution in [0.1, 0.15) is 0 Å². The van der Waals surface area contributed by atoms with Crippen LogP contribution in [0.3, 0.4) is 0 Å². The molecule has 2 heterocycles. The fourth-order valence-electron chi connectivity index (χ4n) is 3.99. The number of para-hydroxylation sites is 1. The topological polar surface area (TPSA) is 51.8 Å². The van der Waals surface area contributed by atoms with Crippen molar-refractivity contribution in [3.8, 4) is 34.2 Å². The molecule has 158 valence electrons. The first-order valence-corrected chi connectivity index (χ1v) is 11.1. The minimum atomic E-state index is 0.494. The summed E-state index contributed by atoms with van der Waals surface area (Å²) >= 11 is 12.5. The molecule has 0 saturated carbocycles. The Bertz CT molecular complexity index is 1620. The molecular formula is C27H15Cl2N3O. The summed E-state index contributed by atoms with van der Waals surface area (Å²) in [6.45, 7) is 0. The summed E-state index contributed by atoms with van der Waals surface area (Å²) in [5, 5.41) is 3.01. The molecule has 0 fully saturated rings. The third kappa shape index (κ3) is 3.63. The van der Waals surface area contributed by atoms with Crippen molar-refractivity contribution < 1.29 is 4.42 Å². The molecule has 6 aromatic rings. The zero-order valence-corrected chi connectivity index (χ0v) is 18.7. The zero-order valence-electron chi connectivity index (χ0n) is 17.2. The Morgan fingerprint density at radius 3 is 1.97 bits per heavy atom. The van der Waals surface area contributed by atoms with E-state index in [1.807, 2.05) is 72.8 Å². The van der Waals surface area contributed by atoms with E-state index in [4.69, 9.17) is 42.6 Å². The molecule has 0 N–H and O–H groups in total. The van der Waals surface area contributed by atoms with E-state index >= 15 is 0 Å². The van der Waals surface area contributed by atoms with E-state index in [1.165, 1.54) is 0 Å². The van der Waals surface area contributed by atoms with Crippen molar-refractivity contribution in [3.05, 3.63) is 101 Å². The minimum Gasteiger partial charge on any atom is -0.456 e. The number of halogens is 2. The van der Waals surface area contributed by atoms with Crippen LogP contribution in [0.2, 0.25) is 10.0 Å². The van der Waals surface area contributed by atoms with Crippen molar-refractivity contribution in [1.82, 2.24) is 15.0 Å². The molecule has 6 heteroatoms. The standard InChI is InChI=1S/C27H15Cl2N3O/c28-18-13-17(14-19(29)15-18)26-30-25(16-7-2-1-3-8-16)31-27(32-26)21-10-6-12-23-24(21)20-9-4-5-11-22(20)33-23/h1-15H. The van der Waals surface area contributed by atoms with Gasteiger partial charge >= 0.3 is 0 Å². The normalized spacial score (nSPS) is 11.3. The summed E-state index contributed by atoms with van der Waals surface area (Å²) in [4.78, 5) is 14.4. The molecule has 0 spiro atoms. The average Bonchev–Trinajstić information content (AvgIpc) is 3.22. The highest BCUT2D eigenvalue weighted by Crippen LogP contribution is 2.36. The van der Waals surface area contributed by atoms with Gasteiger partial charge in [0.1, 0.15) is 11.2 Å². The van der Waals surface area contributed by atoms with Crippen LogP contribution in [0, 0.1) is 0 Å². The second kappa shape index (κ2) is 8.00. The Morgan fingerprint density at radius 1 is 0.545 bits per heavy atom. The van der Waals surface area contributed by atoms with Gasteiger partial charge in [0.05, 0.1) is 0 Å². The summed E-state index contributed by atoms with van der Waals surface area (Å²) < 4.78 is 6.07. The lowest BCUT2D eigenvalue weighted by atomic mass is 10.1. The van der Waals surface area contributed by atoms with Crippen LogP contribution in [-0.2, 0) is 0 Å². The SMILES string of the molecule is Clc1cc(Cl)cc(-c2nc(-c3ccccc3)nc(-c3cccc4oc5ccccc5c34)n2)c1. The van der Waals surface area contributed by atoms with Crippen LogP contribution < -0.4 is 0 Å². The molecule has 0 amide bonds. The number of benzene rings is 4. The maximum absolute atomic E-state index is 6.27. The van der Waals surface area contributed by atoms with E-state index in [1.54, 1.807) is 18.2 Å². The molecule has 0 aliphatic heterocycles. The van der Waals surface area contributed by atoms with Gasteiger partial charge in [0.25, 0.3) is 0 Å². The monoisotopic (exact) mass is 467 g/mol. The second-order valence-corrected chi connectivity index (χ2v) is 8.48. The lowest BCUT2D eigenvalue weighted by Crippen LogP contribution is -2.00. The maximum Gasteiger partial charge on any atom is 0.164 e. The molecule has 0 bridgehead atoms. The predicted molar refractivity (Wildman–Crippen MR) is 133 cm³/mol. The summed E-state index contributed by atoms with van der Waals surface area (Å²) in [5.74, 6) is 1.61. The molecule has 4 aromatic carbocycles. The highest BCUT2D eigenvalue weighted by molar-refractivity contribution is 6.35. The van der Waals surface area contributed by atoms with Gasteiger partial charge in [0.15, 0.2) is 17.5 Å². The van der Waals surface area contributed by atoms with E-state index in [9.17, 15) is 0 Å². The number of hydrogen-bond donors (Lipinski definition) is 0. The van der Waals surface area contributed by atoms with Gasteiger partial charge in [-0.15, -0.1) is 0 Å². The molecule has 4 nitrogen and oxygen atoms in total. The summed E-state index contributed by atoms with van der Waals surface area (Å²) in [7, 11) is 0. The maximum atomic E-state index is 6.27. The molecule has 0 aliphatic carbocycles. The third-order valence-electron chi connectivity index (χ3n) is 5.43. The lowest BCUT2D eigenvalue weighted by Gasteiger charge is -2.09. The van der Waals surface area contributed by atoms with Crippen molar-refractivity contribution in [3.63, 3.8) is 0 Å². The van der Waals surface area contributed by atoms with Crippen LogP contribution >= 0.6 is 23.2 Å². The van der Waals surface area contributed by atoms with E-state index in [-0.39, 0.29) is 0 Å². The smallest absolute Gasteiger partial charge is 0.164 e. The molecule has 0 unspecified atom stereocenters. The number of rotatable bonds is 3. The van der Waals surface area contributed by atoms with Gasteiger partial charge in [-0.25, -0.2) is 15.0 Å². The number of fused-ring (bicyclic) bond motifs is 3. The molecular weight excluding hydrogens is 453 g/mol. The van der Waals surface area contributed by atoms with Gasteiger partial charge in [-0.05, 0) is 30.3 Å². The van der Waals surface area contributed by atoms with Gasteiger partial charge in [0, 0.05) is 37.5 Å². The number of furan rings is 1. The molecule has 0 radical (unpaired) electrons. The average molecular weight is 468 g/mol. The zero-order chi connectivity index (χ0) is 22.4. The molecule has 0 aliphatic rings. The Hall–Kier alpha value is -3.73. The first-order valence-electron chi connectivity index (χ1n) is 10.3. The van der Waals surface area contributed by atoms with Crippen molar-refractivity contribution in [1.29, 1.82) is 0 Å². The van der Waals surface area contributed by atoms with Crippen LogP contribution in [-0.4, -0.2) is 15.0 Å². The van der Waals surface area contributed by atoms with Crippen molar-refractivity contribution in [2.24, 2.45) is 0 Å². The van der Waals surface area contributed by atoms with Gasteiger partial charge in [-0.1, -0.05) is 83.9 Å². The first-order chi connectivity index (χ1) is 16.2. The quantitative estimate of drug-likeness (QED) is 0.264. The molecule has 2 aromatic heterocycles. The van der Waals surface area contributed by atoms with Gasteiger partial charge < -0.3 is 4.42 Å². The second-order valence-electron chi connectivity index (χ2n) is 7.61. The van der Waals surface area contributed by atoms with Crippen molar-refractivity contribution in [2.75, 3.05) is 0 Å². The van der Waals surface area contributed by atoms with E-state index in [2.05, 4.69) is 0 Å². The molecule has 0 atom stereocenters. The largest absolute Gasteiger partial charge is 0.456 e. The van der Waals surface area contributed by atoms with Crippen molar-refractivity contribution in [2.45, 2.75) is 0 Å². The highest BCUT2D eigenvalue weighted by atomic mass is 35.5. The van der Waals surface area contributed by atoms with Gasteiger partial charge in [-0.3, -0.25) is 0 Å². The summed E-state index contributed by atoms with van der Waals surface area (Å²) in [6, 6.07) is 29.0. The number of hydrogen-bond acceptors (Lipinski definition) is 4. The van der Waals surface area contributed by atoms with E-state index in [0.29, 0.717) is 27.5 Å². The van der Waals surface area contributed by atoms with E-state index < -0.39 is 0 Å². The first kappa shape index (κ1) is 19.9. The number of aromatic nitrogens is 3. The van der Waals surface area contributed by atoms with Crippen LogP contribution in [0.15, 0.2) is 95.4 Å². The Kier molecular flexibility index (Phi) is 4.83. The fourth-order valence-corrected chi connectivity index (χ4v) is 4.51. The summed E-state index contributed by atoms with van der Waals surface area (Å²) in [6.07, 6.45) is 0. The Morgan fingerprint density at radius 2 is 1.18 bits per heavy atom. The summed E-state index contributed by atoms with van der Waals surface area (Å²) in [5.41, 5.74) is 4.07. The molecule has 0 saturated heterocycles. The lowest BCUT2D eigenvalue weighted by molar-refractivity contribution is 0.669. The van der Waals surface area contributed by atoms with Crippen molar-refractivity contribution >= 4 is 45.1 Å². The van der Waals surface area contributed by atoms with Crippen LogP contribution in [0.4, 0.5) is 0 Å².